The van der Waals surface area contributed by atoms with Crippen molar-refractivity contribution < 1.29 is 4.79 Å². The highest BCUT2D eigenvalue weighted by Gasteiger charge is 2.22. The second kappa shape index (κ2) is 9.11. The molecule has 160 valence electrons. The van der Waals surface area contributed by atoms with Gasteiger partial charge in [0.15, 0.2) is 11.5 Å². The van der Waals surface area contributed by atoms with Crippen LogP contribution < -0.4 is 11.1 Å². The Balaban J connectivity index is 1.80. The zero-order valence-electron chi connectivity index (χ0n) is 17.6. The lowest BCUT2D eigenvalue weighted by Crippen LogP contribution is -2.29. The Bertz CT molecular complexity index is 1240. The minimum atomic E-state index is -0.439. The highest BCUT2D eigenvalue weighted by molar-refractivity contribution is 6.29. The van der Waals surface area contributed by atoms with Gasteiger partial charge in [0.25, 0.3) is 5.91 Å². The highest BCUT2D eigenvalue weighted by Crippen LogP contribution is 2.32. The van der Waals surface area contributed by atoms with E-state index in [-0.39, 0.29) is 17.6 Å². The second-order valence-corrected chi connectivity index (χ2v) is 7.68. The summed E-state index contributed by atoms with van der Waals surface area (Å²) in [6.07, 6.45) is 1.68. The lowest BCUT2D eigenvalue weighted by atomic mass is 10.0. The number of hydrogen-bond acceptors (Lipinski definition) is 6. The number of carbonyl (C=O) groups excluding carboxylic acids is 1. The number of carbonyl (C=O) groups is 1. The van der Waals surface area contributed by atoms with Crippen molar-refractivity contribution >= 4 is 23.3 Å². The van der Waals surface area contributed by atoms with E-state index in [0.29, 0.717) is 22.1 Å². The van der Waals surface area contributed by atoms with E-state index in [2.05, 4.69) is 25.3 Å². The van der Waals surface area contributed by atoms with Crippen molar-refractivity contribution in [2.24, 2.45) is 0 Å². The van der Waals surface area contributed by atoms with Crippen molar-refractivity contribution in [3.8, 4) is 22.5 Å². The van der Waals surface area contributed by atoms with E-state index in [1.165, 1.54) is 0 Å². The van der Waals surface area contributed by atoms with Crippen LogP contribution in [0.4, 0.5) is 5.82 Å². The standard InChI is InChI=1S/C24H21ClN6O/c1-14-12-17(13-19(25)28-14)21-20(16-8-4-3-5-9-16)31-23(26)22(30-21)24(32)29-15(2)18-10-6-7-11-27-18/h3-13,15H,1-2H3,(H2,26,31)(H,29,32). The lowest BCUT2D eigenvalue weighted by molar-refractivity contribution is 0.0935. The lowest BCUT2D eigenvalue weighted by Gasteiger charge is -2.16. The summed E-state index contributed by atoms with van der Waals surface area (Å²) in [6, 6.07) is 18.2. The molecule has 0 radical (unpaired) electrons. The van der Waals surface area contributed by atoms with Gasteiger partial charge < -0.3 is 11.1 Å². The topological polar surface area (TPSA) is 107 Å². The van der Waals surface area contributed by atoms with E-state index in [1.54, 1.807) is 12.3 Å². The molecule has 0 aliphatic rings. The molecule has 0 aliphatic heterocycles. The molecule has 1 aromatic carbocycles. The summed E-state index contributed by atoms with van der Waals surface area (Å²) in [6.45, 7) is 3.68. The fraction of sp³-hybridized carbons (Fsp3) is 0.125. The molecule has 32 heavy (non-hydrogen) atoms. The molecule has 0 saturated carbocycles. The van der Waals surface area contributed by atoms with Gasteiger partial charge in [0, 0.05) is 23.0 Å². The first-order valence-electron chi connectivity index (χ1n) is 10.0. The first kappa shape index (κ1) is 21.4. The third-order valence-electron chi connectivity index (χ3n) is 4.86. The van der Waals surface area contributed by atoms with Crippen molar-refractivity contribution in [2.75, 3.05) is 5.73 Å². The number of benzene rings is 1. The van der Waals surface area contributed by atoms with Crippen molar-refractivity contribution in [3.05, 3.63) is 89.1 Å². The quantitative estimate of drug-likeness (QED) is 0.434. The summed E-state index contributed by atoms with van der Waals surface area (Å²) >= 11 is 6.20. The van der Waals surface area contributed by atoms with Crippen LogP contribution in [0.15, 0.2) is 66.9 Å². The number of rotatable bonds is 5. The summed E-state index contributed by atoms with van der Waals surface area (Å²) in [5, 5.41) is 3.22. The zero-order valence-corrected chi connectivity index (χ0v) is 18.3. The maximum Gasteiger partial charge on any atom is 0.274 e. The van der Waals surface area contributed by atoms with E-state index in [1.807, 2.05) is 68.4 Å². The van der Waals surface area contributed by atoms with Gasteiger partial charge in [-0.05, 0) is 38.1 Å². The number of pyridine rings is 2. The van der Waals surface area contributed by atoms with Crippen LogP contribution in [0.2, 0.25) is 5.15 Å². The predicted octanol–water partition coefficient (Wildman–Crippen LogP) is 4.64. The van der Waals surface area contributed by atoms with E-state index in [0.717, 1.165) is 17.0 Å². The molecule has 4 aromatic rings. The van der Waals surface area contributed by atoms with Crippen LogP contribution in [0.1, 0.15) is 34.8 Å². The summed E-state index contributed by atoms with van der Waals surface area (Å²) in [4.78, 5) is 30.8. The van der Waals surface area contributed by atoms with Crippen molar-refractivity contribution in [2.45, 2.75) is 19.9 Å². The van der Waals surface area contributed by atoms with E-state index in [9.17, 15) is 4.79 Å². The zero-order chi connectivity index (χ0) is 22.7. The molecule has 0 spiro atoms. The van der Waals surface area contributed by atoms with E-state index in [4.69, 9.17) is 17.3 Å². The molecule has 0 fully saturated rings. The second-order valence-electron chi connectivity index (χ2n) is 7.29. The molecular formula is C24H21ClN6O. The van der Waals surface area contributed by atoms with Crippen molar-refractivity contribution in [3.63, 3.8) is 0 Å². The van der Waals surface area contributed by atoms with E-state index < -0.39 is 5.91 Å². The number of nitrogens with zero attached hydrogens (tertiary/aromatic N) is 4. The fourth-order valence-corrected chi connectivity index (χ4v) is 3.60. The summed E-state index contributed by atoms with van der Waals surface area (Å²) in [7, 11) is 0. The number of aryl methyl sites for hydroxylation is 1. The van der Waals surface area contributed by atoms with Gasteiger partial charge in [0.05, 0.1) is 23.1 Å². The molecule has 1 atom stereocenters. The normalized spacial score (nSPS) is 11.7. The Labute approximate surface area is 190 Å². The number of nitrogens with one attached hydrogen (secondary N) is 1. The van der Waals surface area contributed by atoms with Gasteiger partial charge in [-0.25, -0.2) is 15.0 Å². The van der Waals surface area contributed by atoms with E-state index >= 15 is 0 Å². The number of amides is 1. The van der Waals surface area contributed by atoms with Gasteiger partial charge >= 0.3 is 0 Å². The Hall–Kier alpha value is -3.84. The van der Waals surface area contributed by atoms with Crippen LogP contribution in [0, 0.1) is 6.92 Å². The van der Waals surface area contributed by atoms with Crippen LogP contribution in [0.3, 0.4) is 0 Å². The van der Waals surface area contributed by atoms with Crippen LogP contribution in [0.5, 0.6) is 0 Å². The molecule has 3 aromatic heterocycles. The van der Waals surface area contributed by atoms with Crippen molar-refractivity contribution in [1.82, 2.24) is 25.3 Å². The molecular weight excluding hydrogens is 424 g/mol. The molecule has 1 amide bonds. The number of aromatic nitrogens is 4. The van der Waals surface area contributed by atoms with Crippen LogP contribution in [0.25, 0.3) is 22.5 Å². The van der Waals surface area contributed by atoms with Gasteiger partial charge in [-0.15, -0.1) is 0 Å². The number of hydrogen-bond donors (Lipinski definition) is 2. The van der Waals surface area contributed by atoms with Gasteiger partial charge in [-0.1, -0.05) is 48.0 Å². The Kier molecular flexibility index (Phi) is 6.09. The van der Waals surface area contributed by atoms with Crippen LogP contribution in [-0.4, -0.2) is 25.8 Å². The highest BCUT2D eigenvalue weighted by atomic mass is 35.5. The Morgan fingerprint density at radius 1 is 0.969 bits per heavy atom. The largest absolute Gasteiger partial charge is 0.382 e. The maximum absolute atomic E-state index is 13.1. The smallest absolute Gasteiger partial charge is 0.274 e. The average Bonchev–Trinajstić information content (AvgIpc) is 2.79. The molecule has 1 unspecified atom stereocenters. The molecule has 3 N–H and O–H groups in total. The molecule has 4 rings (SSSR count). The monoisotopic (exact) mass is 444 g/mol. The maximum atomic E-state index is 13.1. The minimum absolute atomic E-state index is 0.0352. The van der Waals surface area contributed by atoms with Gasteiger partial charge in [0.2, 0.25) is 0 Å². The average molecular weight is 445 g/mol. The molecule has 0 aliphatic carbocycles. The number of nitrogen functional groups attached to an aromatic ring is 1. The van der Waals surface area contributed by atoms with Gasteiger partial charge in [0.1, 0.15) is 5.15 Å². The SMILES string of the molecule is Cc1cc(-c2nc(C(=O)NC(C)c3ccccn3)c(N)nc2-c2ccccc2)cc(Cl)n1. The third kappa shape index (κ3) is 4.58. The van der Waals surface area contributed by atoms with Crippen molar-refractivity contribution in [1.29, 1.82) is 0 Å². The minimum Gasteiger partial charge on any atom is -0.382 e. The predicted molar refractivity (Wildman–Crippen MR) is 125 cm³/mol. The molecule has 0 saturated heterocycles. The number of anilines is 1. The molecule has 3 heterocycles. The Morgan fingerprint density at radius 2 is 1.69 bits per heavy atom. The fourth-order valence-electron chi connectivity index (χ4n) is 3.35. The Morgan fingerprint density at radius 3 is 2.38 bits per heavy atom. The number of halogens is 1. The summed E-state index contributed by atoms with van der Waals surface area (Å²) < 4.78 is 0. The first-order valence-corrected chi connectivity index (χ1v) is 10.4. The molecule has 7 nitrogen and oxygen atoms in total. The summed E-state index contributed by atoms with van der Waals surface area (Å²) in [5.74, 6) is -0.402. The first-order chi connectivity index (χ1) is 15.4. The van der Waals surface area contributed by atoms with Gasteiger partial charge in [-0.2, -0.15) is 0 Å². The van der Waals surface area contributed by atoms with Crippen LogP contribution >= 0.6 is 11.6 Å². The molecule has 0 bridgehead atoms. The number of nitrogens with two attached hydrogens (primary N) is 1. The van der Waals surface area contributed by atoms with Gasteiger partial charge in [-0.3, -0.25) is 9.78 Å². The van der Waals surface area contributed by atoms with Crippen LogP contribution in [-0.2, 0) is 0 Å². The summed E-state index contributed by atoms with van der Waals surface area (Å²) in [5.41, 5.74) is 10.2. The molecule has 8 heteroatoms. The third-order valence-corrected chi connectivity index (χ3v) is 5.05.